The summed E-state index contributed by atoms with van der Waals surface area (Å²) in [7, 11) is 1.57. The highest BCUT2D eigenvalue weighted by molar-refractivity contribution is 5.76. The summed E-state index contributed by atoms with van der Waals surface area (Å²) < 4.78 is 10.5. The highest BCUT2D eigenvalue weighted by Crippen LogP contribution is 2.13. The van der Waals surface area contributed by atoms with Crippen molar-refractivity contribution in [1.29, 1.82) is 0 Å². The smallest absolute Gasteiger partial charge is 0.245 e. The molecular formula is C24H46N6O4. The van der Waals surface area contributed by atoms with E-state index in [9.17, 15) is 9.59 Å². The van der Waals surface area contributed by atoms with Gasteiger partial charge in [-0.2, -0.15) is 5.21 Å². The number of hydrogen-bond acceptors (Lipinski definition) is 7. The lowest BCUT2D eigenvalue weighted by atomic mass is 10.0. The van der Waals surface area contributed by atoms with Crippen LogP contribution in [-0.4, -0.2) is 72.5 Å². The molecule has 0 aliphatic carbocycles. The average molecular weight is 483 g/mol. The van der Waals surface area contributed by atoms with Crippen LogP contribution in [0.15, 0.2) is 0 Å². The zero-order chi connectivity index (χ0) is 24.5. The van der Waals surface area contributed by atoms with E-state index in [2.05, 4.69) is 31.3 Å². The second-order valence-electron chi connectivity index (χ2n) is 8.61. The van der Waals surface area contributed by atoms with E-state index in [0.717, 1.165) is 31.5 Å². The largest absolute Gasteiger partial charge is 0.377 e. The molecular weight excluding hydrogens is 436 g/mol. The lowest BCUT2D eigenvalue weighted by molar-refractivity contribution is -0.126. The van der Waals surface area contributed by atoms with Gasteiger partial charge in [0.2, 0.25) is 11.8 Å². The zero-order valence-electron chi connectivity index (χ0n) is 21.1. The third-order valence-electron chi connectivity index (χ3n) is 5.65. The Balaban J connectivity index is 1.70. The number of carbonyl (C=O) groups excluding carboxylic acids is 2. The first-order chi connectivity index (χ1) is 16.7. The summed E-state index contributed by atoms with van der Waals surface area (Å²) in [6.45, 7) is 1.79. The molecule has 0 saturated carbocycles. The highest BCUT2D eigenvalue weighted by Gasteiger charge is 2.02. The monoisotopic (exact) mass is 482 g/mol. The molecule has 3 N–H and O–H groups in total. The number of aryl methyl sites for hydroxylation is 1. The van der Waals surface area contributed by atoms with Gasteiger partial charge in [0.25, 0.3) is 0 Å². The number of tetrazole rings is 1. The molecule has 34 heavy (non-hydrogen) atoms. The van der Waals surface area contributed by atoms with Crippen molar-refractivity contribution in [2.45, 2.75) is 96.3 Å². The fraction of sp³-hybridized carbons (Fsp3) is 0.875. The van der Waals surface area contributed by atoms with E-state index >= 15 is 0 Å². The number of rotatable bonds is 24. The zero-order valence-corrected chi connectivity index (χ0v) is 21.1. The van der Waals surface area contributed by atoms with E-state index in [1.165, 1.54) is 64.2 Å². The lowest BCUT2D eigenvalue weighted by Crippen LogP contribution is -2.27. The molecule has 0 unspecified atom stereocenters. The Morgan fingerprint density at radius 3 is 1.94 bits per heavy atom. The number of unbranched alkanes of at least 4 members (excludes halogenated alkanes) is 12. The lowest BCUT2D eigenvalue weighted by Gasteiger charge is -2.07. The Bertz CT molecular complexity index is 600. The van der Waals surface area contributed by atoms with E-state index in [1.807, 2.05) is 0 Å². The van der Waals surface area contributed by atoms with Crippen LogP contribution in [-0.2, 0) is 25.5 Å². The quantitative estimate of drug-likeness (QED) is 0.193. The maximum absolute atomic E-state index is 11.8. The molecule has 0 atom stereocenters. The molecule has 0 aliphatic rings. The highest BCUT2D eigenvalue weighted by atomic mass is 16.5. The molecule has 10 nitrogen and oxygen atoms in total. The van der Waals surface area contributed by atoms with Gasteiger partial charge in [-0.3, -0.25) is 9.59 Å². The topological polar surface area (TPSA) is 131 Å². The number of nitrogens with one attached hydrogen (secondary N) is 3. The van der Waals surface area contributed by atoms with Crippen molar-refractivity contribution in [2.24, 2.45) is 0 Å². The molecule has 0 saturated heterocycles. The Labute approximate surface area is 204 Å². The van der Waals surface area contributed by atoms with E-state index in [-0.39, 0.29) is 18.4 Å². The van der Waals surface area contributed by atoms with Crippen molar-refractivity contribution in [3.05, 3.63) is 5.82 Å². The van der Waals surface area contributed by atoms with E-state index in [0.29, 0.717) is 32.8 Å². The second kappa shape index (κ2) is 22.7. The second-order valence-corrected chi connectivity index (χ2v) is 8.61. The van der Waals surface area contributed by atoms with Crippen LogP contribution in [0.25, 0.3) is 0 Å². The number of hydrogen-bond donors (Lipinski definition) is 3. The van der Waals surface area contributed by atoms with Gasteiger partial charge in [-0.05, 0) is 12.8 Å². The van der Waals surface area contributed by atoms with E-state index in [1.54, 1.807) is 7.05 Å². The fourth-order valence-electron chi connectivity index (χ4n) is 3.61. The van der Waals surface area contributed by atoms with Crippen LogP contribution in [0.5, 0.6) is 0 Å². The number of H-pyrrole nitrogens is 1. The van der Waals surface area contributed by atoms with Crippen molar-refractivity contribution in [3.63, 3.8) is 0 Å². The third-order valence-corrected chi connectivity index (χ3v) is 5.65. The maximum Gasteiger partial charge on any atom is 0.245 e. The Kier molecular flexibility index (Phi) is 20.0. The van der Waals surface area contributed by atoms with Crippen LogP contribution in [0.2, 0.25) is 0 Å². The summed E-state index contributed by atoms with van der Waals surface area (Å²) in [5, 5.41) is 19.4. The Hall–Kier alpha value is -2.07. The normalized spacial score (nSPS) is 11.0. The Morgan fingerprint density at radius 2 is 1.35 bits per heavy atom. The number of aromatic nitrogens is 4. The van der Waals surface area contributed by atoms with Crippen LogP contribution >= 0.6 is 0 Å². The predicted octanol–water partition coefficient (Wildman–Crippen LogP) is 3.10. The molecule has 0 fully saturated rings. The molecule has 0 spiro atoms. The van der Waals surface area contributed by atoms with Crippen LogP contribution in [0.4, 0.5) is 0 Å². The van der Waals surface area contributed by atoms with Gasteiger partial charge in [-0.15, -0.1) is 10.2 Å². The first-order valence-electron chi connectivity index (χ1n) is 13.1. The van der Waals surface area contributed by atoms with Crippen LogP contribution in [0.3, 0.4) is 0 Å². The van der Waals surface area contributed by atoms with Crippen LogP contribution in [0, 0.1) is 0 Å². The standard InChI is InChI=1S/C24H46N6O4/c1-25-24(32)21-34-20-19-33-18-17-26-23(31)16-14-12-10-8-6-4-2-3-5-7-9-11-13-15-22-27-29-30-28-22/h2-21H2,1H3,(H,25,32)(H,26,31)(H,27,28,29,30). The number of carbonyl (C=O) groups is 2. The molecule has 1 rings (SSSR count). The average Bonchev–Trinajstić information content (AvgIpc) is 3.36. The van der Waals surface area contributed by atoms with E-state index in [4.69, 9.17) is 9.47 Å². The van der Waals surface area contributed by atoms with Crippen molar-refractivity contribution in [1.82, 2.24) is 31.3 Å². The molecule has 10 heteroatoms. The molecule has 0 aromatic carbocycles. The van der Waals surface area contributed by atoms with Crippen molar-refractivity contribution >= 4 is 11.8 Å². The minimum atomic E-state index is -0.153. The fourth-order valence-corrected chi connectivity index (χ4v) is 3.61. The number of likely N-dealkylation sites (N-methyl/N-ethyl adjacent to an activating group) is 1. The number of nitrogens with zero attached hydrogens (tertiary/aromatic N) is 3. The van der Waals surface area contributed by atoms with Crippen molar-refractivity contribution < 1.29 is 19.1 Å². The van der Waals surface area contributed by atoms with Gasteiger partial charge >= 0.3 is 0 Å². The number of amides is 2. The molecule has 1 heterocycles. The summed E-state index contributed by atoms with van der Waals surface area (Å²) in [6.07, 6.45) is 17.8. The van der Waals surface area contributed by atoms with Gasteiger partial charge < -0.3 is 20.1 Å². The first kappa shape index (κ1) is 30.0. The molecule has 0 bridgehead atoms. The van der Waals surface area contributed by atoms with Gasteiger partial charge in [-0.1, -0.05) is 75.8 Å². The Morgan fingerprint density at radius 1 is 0.765 bits per heavy atom. The van der Waals surface area contributed by atoms with Crippen LogP contribution in [0.1, 0.15) is 95.7 Å². The SMILES string of the molecule is CNC(=O)COCCOCCNC(=O)CCCCCCCCCCCCCCCc1nn[nH]n1. The van der Waals surface area contributed by atoms with E-state index < -0.39 is 0 Å². The van der Waals surface area contributed by atoms with Gasteiger partial charge in [0, 0.05) is 26.4 Å². The summed E-state index contributed by atoms with van der Waals surface area (Å²) in [5.74, 6) is 0.762. The molecule has 2 amide bonds. The minimum Gasteiger partial charge on any atom is -0.377 e. The predicted molar refractivity (Wildman–Crippen MR) is 131 cm³/mol. The molecule has 1 aromatic rings. The van der Waals surface area contributed by atoms with Gasteiger partial charge in [0.1, 0.15) is 6.61 Å². The van der Waals surface area contributed by atoms with Crippen LogP contribution < -0.4 is 10.6 Å². The van der Waals surface area contributed by atoms with Crippen molar-refractivity contribution in [2.75, 3.05) is 40.0 Å². The molecule has 196 valence electrons. The number of ether oxygens (including phenoxy) is 2. The summed E-state index contributed by atoms with van der Waals surface area (Å²) >= 11 is 0. The first-order valence-corrected chi connectivity index (χ1v) is 13.1. The minimum absolute atomic E-state index is 0.0440. The summed E-state index contributed by atoms with van der Waals surface area (Å²) in [6, 6.07) is 0. The maximum atomic E-state index is 11.8. The number of aromatic amines is 1. The summed E-state index contributed by atoms with van der Waals surface area (Å²) in [5.41, 5.74) is 0. The third kappa shape index (κ3) is 19.4. The van der Waals surface area contributed by atoms with Gasteiger partial charge in [-0.25, -0.2) is 0 Å². The molecule has 0 aliphatic heterocycles. The van der Waals surface area contributed by atoms with Gasteiger partial charge in [0.05, 0.1) is 19.8 Å². The van der Waals surface area contributed by atoms with Gasteiger partial charge in [0.15, 0.2) is 5.82 Å². The molecule has 1 aromatic heterocycles. The van der Waals surface area contributed by atoms with Crippen molar-refractivity contribution in [3.8, 4) is 0 Å². The molecule has 0 radical (unpaired) electrons. The summed E-state index contributed by atoms with van der Waals surface area (Å²) in [4.78, 5) is 22.8.